The quantitative estimate of drug-likeness (QED) is 0.753. The molecule has 0 radical (unpaired) electrons. The highest BCUT2D eigenvalue weighted by molar-refractivity contribution is 5.86. The number of aliphatic hydroxyl groups is 1. The van der Waals surface area contributed by atoms with Crippen LogP contribution in [0.5, 0.6) is 0 Å². The highest BCUT2D eigenvalue weighted by Gasteiger charge is 2.40. The highest BCUT2D eigenvalue weighted by atomic mass is 16.6. The second kappa shape index (κ2) is 8.92. The number of aliphatic hydroxyl groups excluding tert-OH is 1. The molecule has 7 heteroatoms. The molecule has 7 nitrogen and oxygen atoms in total. The fraction of sp³-hybridized carbons (Fsp3) is 0.440. The van der Waals surface area contributed by atoms with Gasteiger partial charge >= 0.3 is 6.09 Å². The fourth-order valence-electron chi connectivity index (χ4n) is 5.08. The Bertz CT molecular complexity index is 958. The Morgan fingerprint density at radius 2 is 1.78 bits per heavy atom. The van der Waals surface area contributed by atoms with Crippen LogP contribution < -0.4 is 5.32 Å². The van der Waals surface area contributed by atoms with Crippen LogP contribution in [0.4, 0.5) is 4.79 Å². The minimum absolute atomic E-state index is 0.0215. The van der Waals surface area contributed by atoms with Crippen LogP contribution in [0.2, 0.25) is 0 Å². The van der Waals surface area contributed by atoms with Crippen molar-refractivity contribution in [3.63, 3.8) is 0 Å². The van der Waals surface area contributed by atoms with Crippen molar-refractivity contribution >= 4 is 12.0 Å². The van der Waals surface area contributed by atoms with Gasteiger partial charge in [-0.25, -0.2) is 4.79 Å². The van der Waals surface area contributed by atoms with Crippen LogP contribution >= 0.6 is 0 Å². The molecule has 2 heterocycles. The van der Waals surface area contributed by atoms with Gasteiger partial charge in [0.05, 0.1) is 18.8 Å². The maximum absolute atomic E-state index is 12.9. The minimum atomic E-state index is -0.742. The SMILES string of the molecule is O=C(NC[C@H]1CCCO1)[C@@H]1C[C@@H](O)CN1C(=O)OCC1c2ccccc2-c2ccccc21. The molecule has 3 aliphatic rings. The third-order valence-electron chi connectivity index (χ3n) is 6.68. The number of carbonyl (C=O) groups is 2. The van der Waals surface area contributed by atoms with E-state index in [2.05, 4.69) is 29.6 Å². The first-order chi connectivity index (χ1) is 15.6. The third-order valence-corrected chi connectivity index (χ3v) is 6.68. The predicted molar refractivity (Wildman–Crippen MR) is 118 cm³/mol. The van der Waals surface area contributed by atoms with Crippen molar-refractivity contribution in [1.29, 1.82) is 0 Å². The summed E-state index contributed by atoms with van der Waals surface area (Å²) in [7, 11) is 0. The molecule has 0 unspecified atom stereocenters. The summed E-state index contributed by atoms with van der Waals surface area (Å²) in [4.78, 5) is 27.0. The van der Waals surface area contributed by atoms with E-state index in [1.807, 2.05) is 24.3 Å². The number of ether oxygens (including phenoxy) is 2. The molecule has 2 saturated heterocycles. The third kappa shape index (κ3) is 3.98. The average molecular weight is 437 g/mol. The molecule has 5 rings (SSSR count). The number of nitrogens with one attached hydrogen (secondary N) is 1. The van der Waals surface area contributed by atoms with Crippen LogP contribution in [0.15, 0.2) is 48.5 Å². The topological polar surface area (TPSA) is 88.1 Å². The van der Waals surface area contributed by atoms with Crippen molar-refractivity contribution in [3.8, 4) is 11.1 Å². The largest absolute Gasteiger partial charge is 0.448 e. The molecular formula is C25H28N2O5. The normalized spacial score (nSPS) is 24.3. The van der Waals surface area contributed by atoms with Crippen molar-refractivity contribution in [2.75, 3.05) is 26.3 Å². The van der Waals surface area contributed by atoms with E-state index in [1.54, 1.807) is 0 Å². The van der Waals surface area contributed by atoms with Crippen molar-refractivity contribution < 1.29 is 24.2 Å². The molecule has 2 amide bonds. The monoisotopic (exact) mass is 436 g/mol. The molecular weight excluding hydrogens is 408 g/mol. The van der Waals surface area contributed by atoms with Crippen LogP contribution in [-0.4, -0.2) is 66.6 Å². The number of β-amino-alcohol motifs (C(OH)–C–C–N with tert-alkyl or cyclic N) is 1. The summed E-state index contributed by atoms with van der Waals surface area (Å²) in [5.41, 5.74) is 4.59. The Morgan fingerprint density at radius 1 is 1.09 bits per heavy atom. The standard InChI is InChI=1S/C25H28N2O5/c28-16-12-23(24(29)26-13-17-6-5-11-31-17)27(14-16)25(30)32-15-22-20-9-3-1-7-18(20)19-8-2-4-10-21(19)22/h1-4,7-10,16-17,22-23,28H,5-6,11-15H2,(H,26,29)/t16-,17-,23+/m1/s1. The van der Waals surface area contributed by atoms with Crippen molar-refractivity contribution in [3.05, 3.63) is 59.7 Å². The molecule has 32 heavy (non-hydrogen) atoms. The highest BCUT2D eigenvalue weighted by Crippen LogP contribution is 2.44. The number of nitrogens with zero attached hydrogens (tertiary/aromatic N) is 1. The first-order valence-corrected chi connectivity index (χ1v) is 11.3. The van der Waals surface area contributed by atoms with Gasteiger partial charge in [-0.3, -0.25) is 9.69 Å². The number of hydrogen-bond donors (Lipinski definition) is 2. The summed E-state index contributed by atoms with van der Waals surface area (Å²) in [5, 5.41) is 13.0. The van der Waals surface area contributed by atoms with E-state index in [9.17, 15) is 14.7 Å². The van der Waals surface area contributed by atoms with Gasteiger partial charge < -0.3 is 19.9 Å². The van der Waals surface area contributed by atoms with Gasteiger partial charge in [0.25, 0.3) is 0 Å². The lowest BCUT2D eigenvalue weighted by atomic mass is 9.98. The van der Waals surface area contributed by atoms with Gasteiger partial charge in [-0.1, -0.05) is 48.5 Å². The smallest absolute Gasteiger partial charge is 0.410 e. The molecule has 0 bridgehead atoms. The molecule has 3 atom stereocenters. The Balaban J connectivity index is 1.24. The first-order valence-electron chi connectivity index (χ1n) is 11.3. The first kappa shape index (κ1) is 21.0. The van der Waals surface area contributed by atoms with E-state index in [0.717, 1.165) is 35.1 Å². The number of fused-ring (bicyclic) bond motifs is 3. The van der Waals surface area contributed by atoms with E-state index in [-0.39, 0.29) is 37.5 Å². The Hall–Kier alpha value is -2.90. The van der Waals surface area contributed by atoms with Crippen LogP contribution in [0, 0.1) is 0 Å². The van der Waals surface area contributed by atoms with Gasteiger partial charge in [-0.15, -0.1) is 0 Å². The zero-order valence-electron chi connectivity index (χ0n) is 17.9. The maximum atomic E-state index is 12.9. The van der Waals surface area contributed by atoms with Crippen LogP contribution in [-0.2, 0) is 14.3 Å². The molecule has 1 aliphatic carbocycles. The molecule has 168 valence electrons. The van der Waals surface area contributed by atoms with Gasteiger partial charge in [0.15, 0.2) is 0 Å². The minimum Gasteiger partial charge on any atom is -0.448 e. The molecule has 2 aliphatic heterocycles. The summed E-state index contributed by atoms with van der Waals surface area (Å²) in [6.45, 7) is 1.41. The van der Waals surface area contributed by atoms with E-state index >= 15 is 0 Å². The summed E-state index contributed by atoms with van der Waals surface area (Å²) in [6.07, 6.45) is 0.836. The predicted octanol–water partition coefficient (Wildman–Crippen LogP) is 2.67. The van der Waals surface area contributed by atoms with Gasteiger partial charge in [0, 0.05) is 25.5 Å². The summed E-state index contributed by atoms with van der Waals surface area (Å²) in [5.74, 6) is -0.323. The summed E-state index contributed by atoms with van der Waals surface area (Å²) < 4.78 is 11.2. The molecule has 0 aromatic heterocycles. The summed E-state index contributed by atoms with van der Waals surface area (Å²) >= 11 is 0. The van der Waals surface area contributed by atoms with Gasteiger partial charge in [-0.2, -0.15) is 0 Å². The number of carbonyl (C=O) groups excluding carboxylic acids is 2. The molecule has 2 fully saturated rings. The fourth-order valence-corrected chi connectivity index (χ4v) is 5.08. The molecule has 0 spiro atoms. The molecule has 2 aromatic rings. The van der Waals surface area contributed by atoms with Crippen molar-refractivity contribution in [2.24, 2.45) is 0 Å². The van der Waals surface area contributed by atoms with Crippen LogP contribution in [0.3, 0.4) is 0 Å². The van der Waals surface area contributed by atoms with Gasteiger partial charge in [0.2, 0.25) is 5.91 Å². The second-order valence-corrected chi connectivity index (χ2v) is 8.74. The number of rotatable bonds is 5. The Morgan fingerprint density at radius 3 is 2.44 bits per heavy atom. The van der Waals surface area contributed by atoms with Crippen LogP contribution in [0.25, 0.3) is 11.1 Å². The lowest BCUT2D eigenvalue weighted by Crippen LogP contribution is -2.47. The average Bonchev–Trinajstić information content (AvgIpc) is 3.54. The number of likely N-dealkylation sites (tertiary alicyclic amines) is 1. The lowest BCUT2D eigenvalue weighted by molar-refractivity contribution is -0.125. The number of amides is 2. The van der Waals surface area contributed by atoms with E-state index < -0.39 is 18.2 Å². The second-order valence-electron chi connectivity index (χ2n) is 8.74. The van der Waals surface area contributed by atoms with Gasteiger partial charge in [0.1, 0.15) is 12.6 Å². The summed E-state index contributed by atoms with van der Waals surface area (Å²) in [6, 6.07) is 15.6. The van der Waals surface area contributed by atoms with E-state index in [4.69, 9.17) is 9.47 Å². The molecule has 0 saturated carbocycles. The number of hydrogen-bond acceptors (Lipinski definition) is 5. The molecule has 2 aromatic carbocycles. The lowest BCUT2D eigenvalue weighted by Gasteiger charge is -2.24. The Kier molecular flexibility index (Phi) is 5.85. The number of benzene rings is 2. The Labute approximate surface area is 187 Å². The molecule has 2 N–H and O–H groups in total. The van der Waals surface area contributed by atoms with Crippen LogP contribution in [0.1, 0.15) is 36.3 Å². The van der Waals surface area contributed by atoms with Gasteiger partial charge in [-0.05, 0) is 35.1 Å². The maximum Gasteiger partial charge on any atom is 0.410 e. The van der Waals surface area contributed by atoms with Crippen molar-refractivity contribution in [2.45, 2.75) is 43.4 Å². The zero-order chi connectivity index (χ0) is 22.1. The van der Waals surface area contributed by atoms with E-state index in [1.165, 1.54) is 4.90 Å². The van der Waals surface area contributed by atoms with E-state index in [0.29, 0.717) is 13.2 Å². The van der Waals surface area contributed by atoms with Crippen molar-refractivity contribution in [1.82, 2.24) is 10.2 Å². The zero-order valence-corrected chi connectivity index (χ0v) is 17.9.